The molecule has 0 aliphatic carbocycles. The van der Waals surface area contributed by atoms with Gasteiger partial charge >= 0.3 is 0 Å². The molecule has 1 atom stereocenters. The molecule has 0 saturated carbocycles. The second-order valence-corrected chi connectivity index (χ2v) is 10.3. The number of carbonyl (C=O) groups excluding carboxylic acids is 1. The third-order valence-corrected chi connectivity index (χ3v) is 7.81. The fourth-order valence-corrected chi connectivity index (χ4v) is 5.79. The summed E-state index contributed by atoms with van der Waals surface area (Å²) in [7, 11) is 1.87. The Morgan fingerprint density at radius 2 is 1.74 bits per heavy atom. The van der Waals surface area contributed by atoms with Gasteiger partial charge in [-0.1, -0.05) is 95.5 Å². The van der Waals surface area contributed by atoms with Crippen LogP contribution in [-0.4, -0.2) is 41.1 Å². The molecule has 5 heteroatoms. The lowest BCUT2D eigenvalue weighted by Crippen LogP contribution is -2.23. The van der Waals surface area contributed by atoms with Crippen molar-refractivity contribution in [3.05, 3.63) is 57.8 Å². The van der Waals surface area contributed by atoms with Crippen molar-refractivity contribution in [1.29, 1.82) is 0 Å². The van der Waals surface area contributed by atoms with Crippen LogP contribution >= 0.6 is 23.1 Å². The summed E-state index contributed by atoms with van der Waals surface area (Å²) in [4.78, 5) is 20.4. The van der Waals surface area contributed by atoms with Gasteiger partial charge in [-0.05, 0) is 51.4 Å². The highest BCUT2D eigenvalue weighted by Gasteiger charge is 2.15. The smallest absolute Gasteiger partial charge is 0.159 e. The fraction of sp³-hybridized carbons (Fsp3) is 0.533. The van der Waals surface area contributed by atoms with Crippen molar-refractivity contribution >= 4 is 33.9 Å². The first-order valence-corrected chi connectivity index (χ1v) is 14.2. The maximum absolute atomic E-state index is 10.6. The molecule has 3 rings (SSSR count). The average Bonchev–Trinajstić information content (AvgIpc) is 3.18. The zero-order valence-electron chi connectivity index (χ0n) is 21.7. The van der Waals surface area contributed by atoms with Crippen molar-refractivity contribution in [2.24, 2.45) is 4.99 Å². The molecule has 0 spiro atoms. The SMILES string of the molecule is C.C#CC(CCC)SC(=NC)c1ccc(CN2CCCCCC2)s1.CC.CC(=O)c1ccccc1. The van der Waals surface area contributed by atoms with Crippen LogP contribution in [0.3, 0.4) is 0 Å². The molecule has 1 aliphatic rings. The number of hydrogen-bond acceptors (Lipinski definition) is 5. The molecule has 0 N–H and O–H groups in total. The number of benzene rings is 1. The highest BCUT2D eigenvalue weighted by atomic mass is 32.2. The van der Waals surface area contributed by atoms with Crippen LogP contribution in [0.5, 0.6) is 0 Å². The topological polar surface area (TPSA) is 32.7 Å². The predicted molar refractivity (Wildman–Crippen MR) is 160 cm³/mol. The van der Waals surface area contributed by atoms with Crippen LogP contribution in [0.25, 0.3) is 0 Å². The number of thioether (sulfide) groups is 1. The molecule has 0 bridgehead atoms. The van der Waals surface area contributed by atoms with E-state index in [0.29, 0.717) is 0 Å². The summed E-state index contributed by atoms with van der Waals surface area (Å²) < 4.78 is 0. The standard InChI is InChI=1S/C19H28N2S2.C8H8O.C2H6.CH4/c1-4-10-16(5-2)23-19(20-3)18-12-11-17(22-18)15-21-13-8-6-7-9-14-21;1-7(9)8-5-3-2-4-6-8;1-2;/h2,11-12,16H,4,6-10,13-15H2,1,3H3;2-6H,1H3;1-2H3;1H4. The highest BCUT2D eigenvalue weighted by molar-refractivity contribution is 8.15. The number of terminal acetylenes is 1. The van der Waals surface area contributed by atoms with Gasteiger partial charge in [-0.15, -0.1) is 17.8 Å². The highest BCUT2D eigenvalue weighted by Crippen LogP contribution is 2.28. The second-order valence-electron chi connectivity index (χ2n) is 7.97. The molecule has 1 fully saturated rings. The molecular formula is C30H46N2OS2. The number of nitrogens with zero attached hydrogens (tertiary/aromatic N) is 2. The van der Waals surface area contributed by atoms with Crippen molar-refractivity contribution in [1.82, 2.24) is 4.90 Å². The lowest BCUT2D eigenvalue weighted by molar-refractivity contribution is 0.101. The van der Waals surface area contributed by atoms with Gasteiger partial charge in [0.25, 0.3) is 0 Å². The van der Waals surface area contributed by atoms with E-state index in [9.17, 15) is 4.79 Å². The molecule has 2 heterocycles. The lowest BCUT2D eigenvalue weighted by Gasteiger charge is -2.18. The van der Waals surface area contributed by atoms with Gasteiger partial charge in [0.05, 0.1) is 10.1 Å². The Kier molecular flexibility index (Phi) is 19.2. The van der Waals surface area contributed by atoms with E-state index in [4.69, 9.17) is 6.42 Å². The molecule has 1 aromatic heterocycles. The summed E-state index contributed by atoms with van der Waals surface area (Å²) in [6.45, 7) is 11.3. The van der Waals surface area contributed by atoms with Crippen molar-refractivity contribution in [2.45, 2.75) is 85.4 Å². The molecule has 35 heavy (non-hydrogen) atoms. The van der Waals surface area contributed by atoms with Gasteiger partial charge in [-0.25, -0.2) is 0 Å². The summed E-state index contributed by atoms with van der Waals surface area (Å²) in [6.07, 6.45) is 13.3. The summed E-state index contributed by atoms with van der Waals surface area (Å²) in [5.41, 5.74) is 0.775. The zero-order valence-corrected chi connectivity index (χ0v) is 23.3. The Hall–Kier alpha value is -1.87. The zero-order chi connectivity index (χ0) is 25.2. The van der Waals surface area contributed by atoms with Gasteiger partial charge in [-0.2, -0.15) is 0 Å². The maximum Gasteiger partial charge on any atom is 0.159 e. The van der Waals surface area contributed by atoms with Crippen molar-refractivity contribution in [3.8, 4) is 12.3 Å². The normalized spacial score (nSPS) is 14.6. The number of rotatable bonds is 7. The van der Waals surface area contributed by atoms with Crippen molar-refractivity contribution in [2.75, 3.05) is 20.1 Å². The number of ketones is 1. The predicted octanol–water partition coefficient (Wildman–Crippen LogP) is 8.59. The van der Waals surface area contributed by atoms with Gasteiger partial charge < -0.3 is 0 Å². The van der Waals surface area contributed by atoms with Gasteiger partial charge in [0.15, 0.2) is 5.78 Å². The van der Waals surface area contributed by atoms with E-state index in [-0.39, 0.29) is 18.5 Å². The van der Waals surface area contributed by atoms with Crippen LogP contribution in [0.4, 0.5) is 0 Å². The van der Waals surface area contributed by atoms with Gasteiger partial charge in [0.1, 0.15) is 5.04 Å². The number of carbonyl (C=O) groups is 1. The van der Waals surface area contributed by atoms with E-state index in [1.165, 1.54) is 48.5 Å². The van der Waals surface area contributed by atoms with Crippen LogP contribution in [-0.2, 0) is 6.54 Å². The monoisotopic (exact) mass is 514 g/mol. The molecule has 194 valence electrons. The van der Waals surface area contributed by atoms with E-state index in [1.807, 2.05) is 62.6 Å². The Labute approximate surface area is 223 Å². The second kappa shape index (κ2) is 20.3. The first-order chi connectivity index (χ1) is 16.6. The first kappa shape index (κ1) is 33.1. The Morgan fingerprint density at radius 3 is 2.23 bits per heavy atom. The molecule has 2 aromatic rings. The number of thiophene rings is 1. The molecule has 3 nitrogen and oxygen atoms in total. The van der Waals surface area contributed by atoms with E-state index in [1.54, 1.807) is 18.7 Å². The van der Waals surface area contributed by atoms with Gasteiger partial charge in [-0.3, -0.25) is 14.7 Å². The number of likely N-dealkylation sites (tertiary alicyclic amines) is 1. The molecular weight excluding hydrogens is 468 g/mol. The maximum atomic E-state index is 10.6. The van der Waals surface area contributed by atoms with Gasteiger partial charge in [0.2, 0.25) is 0 Å². The fourth-order valence-electron chi connectivity index (χ4n) is 3.56. The lowest BCUT2D eigenvalue weighted by atomic mass is 10.2. The Morgan fingerprint density at radius 1 is 1.11 bits per heavy atom. The van der Waals surface area contributed by atoms with Gasteiger partial charge in [0, 0.05) is 24.0 Å². The Bertz CT molecular complexity index is 875. The summed E-state index contributed by atoms with van der Waals surface area (Å²) in [5, 5.41) is 1.32. The summed E-state index contributed by atoms with van der Waals surface area (Å²) in [5.74, 6) is 3.02. The first-order valence-electron chi connectivity index (χ1n) is 12.5. The number of Topliss-reactive ketones (excluding diaryl/α,β-unsaturated/α-hetero) is 1. The van der Waals surface area contributed by atoms with E-state index >= 15 is 0 Å². The van der Waals surface area contributed by atoms with E-state index < -0.39 is 0 Å². The summed E-state index contributed by atoms with van der Waals surface area (Å²) in [6, 6.07) is 13.7. The molecule has 0 radical (unpaired) electrons. The van der Waals surface area contributed by atoms with Crippen LogP contribution in [0, 0.1) is 12.3 Å². The largest absolute Gasteiger partial charge is 0.298 e. The number of hydrogen-bond donors (Lipinski definition) is 0. The summed E-state index contributed by atoms with van der Waals surface area (Å²) >= 11 is 3.62. The average molecular weight is 515 g/mol. The molecule has 1 saturated heterocycles. The van der Waals surface area contributed by atoms with E-state index in [0.717, 1.165) is 30.0 Å². The van der Waals surface area contributed by atoms with Crippen molar-refractivity contribution in [3.63, 3.8) is 0 Å². The quantitative estimate of drug-likeness (QED) is 0.160. The minimum atomic E-state index is 0. The minimum absolute atomic E-state index is 0. The van der Waals surface area contributed by atoms with Crippen LogP contribution < -0.4 is 0 Å². The minimum Gasteiger partial charge on any atom is -0.298 e. The third kappa shape index (κ3) is 13.1. The molecule has 1 aliphatic heterocycles. The van der Waals surface area contributed by atoms with Crippen LogP contribution in [0.2, 0.25) is 0 Å². The molecule has 0 amide bonds. The number of aliphatic imine (C=N–C) groups is 1. The third-order valence-electron chi connectivity index (χ3n) is 5.32. The van der Waals surface area contributed by atoms with Crippen molar-refractivity contribution < 1.29 is 4.79 Å². The van der Waals surface area contributed by atoms with Crippen LogP contribution in [0.15, 0.2) is 47.5 Å². The molecule has 1 aromatic carbocycles. The Balaban J connectivity index is 0.000000808. The molecule has 1 unspecified atom stereocenters. The van der Waals surface area contributed by atoms with E-state index in [2.05, 4.69) is 34.9 Å². The van der Waals surface area contributed by atoms with Crippen LogP contribution in [0.1, 0.15) is 93.8 Å².